The molecule has 3 aromatic carbocycles. The van der Waals surface area contributed by atoms with Crippen molar-refractivity contribution in [1.29, 1.82) is 0 Å². The third-order valence-corrected chi connectivity index (χ3v) is 7.00. The second kappa shape index (κ2) is 8.65. The van der Waals surface area contributed by atoms with Crippen LogP contribution in [0.4, 0.5) is 5.69 Å². The summed E-state index contributed by atoms with van der Waals surface area (Å²) < 4.78 is 0. The first-order chi connectivity index (χ1) is 16.9. The molecule has 0 radical (unpaired) electrons. The number of rotatable bonds is 7. The Kier molecular flexibility index (Phi) is 5.63. The molecule has 0 aromatic heterocycles. The molecule has 0 fully saturated rings. The number of nitrogens with zero attached hydrogens (tertiary/aromatic N) is 3. The predicted octanol–water partition coefficient (Wildman–Crippen LogP) is 5.05. The van der Waals surface area contributed by atoms with Gasteiger partial charge in [-0.25, -0.2) is 0 Å². The number of para-hydroxylation sites is 1. The number of carbonyl (C=O) groups excluding carboxylic acids is 4. The molecule has 3 aromatic rings. The summed E-state index contributed by atoms with van der Waals surface area (Å²) in [5, 5.41) is 3.40. The molecule has 4 amide bonds. The van der Waals surface area contributed by atoms with Gasteiger partial charge in [-0.1, -0.05) is 44.4 Å². The fourth-order valence-corrected chi connectivity index (χ4v) is 5.13. The van der Waals surface area contributed by atoms with E-state index in [-0.39, 0.29) is 17.9 Å². The van der Waals surface area contributed by atoms with E-state index in [9.17, 15) is 19.2 Å². The number of hydrogen-bond acceptors (Lipinski definition) is 5. The second-order valence-electron chi connectivity index (χ2n) is 9.18. The van der Waals surface area contributed by atoms with Crippen LogP contribution in [0.2, 0.25) is 0 Å². The van der Waals surface area contributed by atoms with Crippen LogP contribution < -0.4 is 5.01 Å². The third-order valence-electron chi connectivity index (χ3n) is 7.00. The largest absolute Gasteiger partial charge is 0.280 e. The minimum absolute atomic E-state index is 0.240. The number of anilines is 1. The summed E-state index contributed by atoms with van der Waals surface area (Å²) in [6, 6.07) is 15.3. The van der Waals surface area contributed by atoms with E-state index in [1.54, 1.807) is 31.3 Å². The number of imide groups is 2. The van der Waals surface area contributed by atoms with Crippen molar-refractivity contribution in [2.24, 2.45) is 0 Å². The SMILES string of the molecule is CCCCCC(C)N1C(=O)c2ccc3c4c(ccc(c24)C1=O)C(=O)N(N(C)c1ccccc1)C3=O. The Hall–Kier alpha value is -4.00. The molecular weight excluding hydrogens is 442 g/mol. The maximum Gasteiger partial charge on any atom is 0.280 e. The van der Waals surface area contributed by atoms with Crippen LogP contribution in [0.5, 0.6) is 0 Å². The van der Waals surface area contributed by atoms with Gasteiger partial charge in [0.1, 0.15) is 0 Å². The van der Waals surface area contributed by atoms with Gasteiger partial charge in [0, 0.05) is 35.0 Å². The zero-order valence-corrected chi connectivity index (χ0v) is 20.1. The molecule has 0 saturated carbocycles. The smallest absolute Gasteiger partial charge is 0.278 e. The van der Waals surface area contributed by atoms with Gasteiger partial charge in [0.2, 0.25) is 0 Å². The van der Waals surface area contributed by atoms with E-state index in [2.05, 4.69) is 6.92 Å². The van der Waals surface area contributed by atoms with E-state index in [0.717, 1.165) is 30.7 Å². The van der Waals surface area contributed by atoms with Crippen molar-refractivity contribution in [1.82, 2.24) is 9.91 Å². The summed E-state index contributed by atoms with van der Waals surface area (Å²) in [5.41, 5.74) is 1.99. The Morgan fingerprint density at radius 3 is 1.69 bits per heavy atom. The Morgan fingerprint density at radius 1 is 0.714 bits per heavy atom. The van der Waals surface area contributed by atoms with Crippen molar-refractivity contribution >= 4 is 40.1 Å². The predicted molar refractivity (Wildman–Crippen MR) is 133 cm³/mol. The molecule has 1 atom stereocenters. The first kappa shape index (κ1) is 22.8. The highest BCUT2D eigenvalue weighted by molar-refractivity contribution is 6.33. The molecule has 35 heavy (non-hydrogen) atoms. The quantitative estimate of drug-likeness (QED) is 0.357. The van der Waals surface area contributed by atoms with Crippen LogP contribution in [0.1, 0.15) is 81.0 Å². The molecule has 0 bridgehead atoms. The van der Waals surface area contributed by atoms with Crippen LogP contribution in [-0.4, -0.2) is 46.6 Å². The highest BCUT2D eigenvalue weighted by atomic mass is 16.2. The van der Waals surface area contributed by atoms with Crippen molar-refractivity contribution in [2.75, 3.05) is 12.1 Å². The number of carbonyl (C=O) groups is 4. The van der Waals surface area contributed by atoms with Gasteiger partial charge in [0.05, 0.1) is 16.8 Å². The van der Waals surface area contributed by atoms with Crippen LogP contribution in [-0.2, 0) is 0 Å². The fraction of sp³-hybridized carbons (Fsp3) is 0.286. The Labute approximate surface area is 203 Å². The Morgan fingerprint density at radius 2 is 1.20 bits per heavy atom. The molecule has 5 rings (SSSR count). The minimum atomic E-state index is -0.493. The molecule has 0 spiro atoms. The maximum atomic E-state index is 13.5. The molecule has 0 saturated heterocycles. The number of benzene rings is 3. The number of unbranched alkanes of at least 4 members (excludes halogenated alkanes) is 2. The lowest BCUT2D eigenvalue weighted by molar-refractivity contribution is 0.0535. The van der Waals surface area contributed by atoms with Gasteiger partial charge in [-0.2, -0.15) is 5.01 Å². The average molecular weight is 470 g/mol. The van der Waals surface area contributed by atoms with Crippen molar-refractivity contribution in [2.45, 2.75) is 45.6 Å². The van der Waals surface area contributed by atoms with Crippen molar-refractivity contribution < 1.29 is 19.2 Å². The van der Waals surface area contributed by atoms with Gasteiger partial charge in [0.15, 0.2) is 0 Å². The summed E-state index contributed by atoms with van der Waals surface area (Å²) in [5.74, 6) is -1.74. The maximum absolute atomic E-state index is 13.5. The van der Waals surface area contributed by atoms with Crippen molar-refractivity contribution in [3.63, 3.8) is 0 Å². The van der Waals surface area contributed by atoms with Gasteiger partial charge < -0.3 is 0 Å². The lowest BCUT2D eigenvalue weighted by Gasteiger charge is -2.37. The van der Waals surface area contributed by atoms with E-state index in [0.29, 0.717) is 38.7 Å². The lowest BCUT2D eigenvalue weighted by Crippen LogP contribution is -2.51. The van der Waals surface area contributed by atoms with E-state index in [4.69, 9.17) is 0 Å². The summed E-state index contributed by atoms with van der Waals surface area (Å²) in [4.78, 5) is 55.3. The van der Waals surface area contributed by atoms with Crippen molar-refractivity contribution in [3.05, 3.63) is 76.9 Å². The normalized spacial score (nSPS) is 15.7. The van der Waals surface area contributed by atoms with E-state index < -0.39 is 11.8 Å². The Balaban J connectivity index is 1.60. The van der Waals surface area contributed by atoms with Crippen molar-refractivity contribution in [3.8, 4) is 0 Å². The monoisotopic (exact) mass is 469 g/mol. The zero-order chi connectivity index (χ0) is 24.9. The summed E-state index contributed by atoms with van der Waals surface area (Å²) in [6.45, 7) is 4.00. The molecule has 0 aliphatic carbocycles. The van der Waals surface area contributed by atoms with E-state index in [1.165, 1.54) is 9.91 Å². The number of amides is 4. The first-order valence-corrected chi connectivity index (χ1v) is 12.0. The van der Waals surface area contributed by atoms with Crippen LogP contribution in [0.3, 0.4) is 0 Å². The van der Waals surface area contributed by atoms with Crippen LogP contribution in [0.25, 0.3) is 10.8 Å². The van der Waals surface area contributed by atoms with Gasteiger partial charge in [-0.15, -0.1) is 0 Å². The van der Waals surface area contributed by atoms with E-state index >= 15 is 0 Å². The van der Waals surface area contributed by atoms with Crippen LogP contribution in [0.15, 0.2) is 54.6 Å². The topological polar surface area (TPSA) is 78.0 Å². The Bertz CT molecular complexity index is 1310. The summed E-state index contributed by atoms with van der Waals surface area (Å²) in [6.07, 6.45) is 3.76. The molecule has 0 N–H and O–H groups in total. The van der Waals surface area contributed by atoms with Gasteiger partial charge in [-0.05, 0) is 49.7 Å². The summed E-state index contributed by atoms with van der Waals surface area (Å²) in [7, 11) is 1.66. The third kappa shape index (κ3) is 3.41. The van der Waals surface area contributed by atoms with Crippen LogP contribution >= 0.6 is 0 Å². The second-order valence-corrected chi connectivity index (χ2v) is 9.18. The molecule has 1 unspecified atom stereocenters. The molecule has 7 nitrogen and oxygen atoms in total. The van der Waals surface area contributed by atoms with Crippen LogP contribution in [0, 0.1) is 0 Å². The first-order valence-electron chi connectivity index (χ1n) is 12.0. The molecule has 2 heterocycles. The number of hydrogen-bond donors (Lipinski definition) is 0. The minimum Gasteiger partial charge on any atom is -0.278 e. The molecule has 2 aliphatic heterocycles. The highest BCUT2D eigenvalue weighted by Crippen LogP contribution is 2.39. The average Bonchev–Trinajstić information content (AvgIpc) is 2.86. The molecular formula is C28H27N3O4. The van der Waals surface area contributed by atoms with E-state index in [1.807, 2.05) is 37.3 Å². The summed E-state index contributed by atoms with van der Waals surface area (Å²) >= 11 is 0. The molecule has 2 aliphatic rings. The molecule has 178 valence electrons. The molecule has 7 heteroatoms. The standard InChI is InChI=1S/C28H27N3O4/c1-4-5-7-10-17(2)30-25(32)19-13-15-21-24-22(16-14-20(23(19)24)26(30)33)28(35)31(27(21)34)29(3)18-11-8-6-9-12-18/h6,8-9,11-17H,4-5,7,10H2,1-3H3. The van der Waals surface area contributed by atoms with Gasteiger partial charge >= 0.3 is 0 Å². The zero-order valence-electron chi connectivity index (χ0n) is 20.1. The highest BCUT2D eigenvalue weighted by Gasteiger charge is 2.42. The fourth-order valence-electron chi connectivity index (χ4n) is 5.13. The van der Waals surface area contributed by atoms with Gasteiger partial charge in [-0.3, -0.25) is 29.1 Å². The lowest BCUT2D eigenvalue weighted by atomic mass is 9.85. The van der Waals surface area contributed by atoms with Gasteiger partial charge in [0.25, 0.3) is 23.6 Å². The number of hydrazine groups is 1.